The zero-order valence-corrected chi connectivity index (χ0v) is 13.5. The third-order valence-corrected chi connectivity index (χ3v) is 4.44. The van der Waals surface area contributed by atoms with Crippen LogP contribution in [-0.2, 0) is 6.54 Å². The van der Waals surface area contributed by atoms with Crippen molar-refractivity contribution in [3.63, 3.8) is 0 Å². The molecule has 0 unspecified atom stereocenters. The molecule has 3 heteroatoms. The lowest BCUT2D eigenvalue weighted by Gasteiger charge is -2.34. The van der Waals surface area contributed by atoms with Gasteiger partial charge in [0.15, 0.2) is 0 Å². The van der Waals surface area contributed by atoms with Gasteiger partial charge in [-0.1, -0.05) is 37.0 Å². The van der Waals surface area contributed by atoms with Crippen LogP contribution < -0.4 is 4.74 Å². The van der Waals surface area contributed by atoms with Gasteiger partial charge < -0.3 is 4.74 Å². The van der Waals surface area contributed by atoms with Gasteiger partial charge in [-0.15, -0.1) is 11.6 Å². The predicted octanol–water partition coefficient (Wildman–Crippen LogP) is 4.38. The minimum absolute atomic E-state index is 0.688. The van der Waals surface area contributed by atoms with Crippen molar-refractivity contribution in [3.8, 4) is 5.75 Å². The largest absolute Gasteiger partial charge is 0.496 e. The third-order valence-electron chi connectivity index (χ3n) is 4.27. The van der Waals surface area contributed by atoms with Crippen LogP contribution in [0.25, 0.3) is 0 Å². The number of benzene rings is 1. The van der Waals surface area contributed by atoms with Crippen molar-refractivity contribution >= 4 is 11.6 Å². The second-order valence-corrected chi connectivity index (χ2v) is 6.14. The summed E-state index contributed by atoms with van der Waals surface area (Å²) in [5.41, 5.74) is 2.57. The van der Waals surface area contributed by atoms with Crippen LogP contribution in [-0.4, -0.2) is 30.5 Å². The zero-order chi connectivity index (χ0) is 14.4. The molecule has 1 aromatic carbocycles. The van der Waals surface area contributed by atoms with E-state index in [9.17, 15) is 0 Å². The molecule has 0 bridgehead atoms. The summed E-state index contributed by atoms with van der Waals surface area (Å²) in [6.45, 7) is 4.04. The number of hydrogen-bond donors (Lipinski definition) is 0. The van der Waals surface area contributed by atoms with Gasteiger partial charge in [-0.25, -0.2) is 0 Å². The highest BCUT2D eigenvalue weighted by Crippen LogP contribution is 2.27. The molecule has 112 valence electrons. The maximum Gasteiger partial charge on any atom is 0.123 e. The van der Waals surface area contributed by atoms with Gasteiger partial charge in [0.2, 0.25) is 0 Å². The smallest absolute Gasteiger partial charge is 0.123 e. The number of nitrogens with zero attached hydrogens (tertiary/aromatic N) is 1. The lowest BCUT2D eigenvalue weighted by atomic mass is 9.93. The monoisotopic (exact) mass is 295 g/mol. The Bertz CT molecular complexity index is 415. The summed E-state index contributed by atoms with van der Waals surface area (Å²) >= 11 is 6.01. The molecule has 0 aliphatic heterocycles. The van der Waals surface area contributed by atoms with Gasteiger partial charge in [0.25, 0.3) is 0 Å². The molecule has 0 N–H and O–H groups in total. The van der Waals surface area contributed by atoms with Crippen molar-refractivity contribution in [1.29, 1.82) is 0 Å². The van der Waals surface area contributed by atoms with Crippen LogP contribution in [0, 0.1) is 6.92 Å². The van der Waals surface area contributed by atoms with Crippen molar-refractivity contribution in [1.82, 2.24) is 4.90 Å². The highest BCUT2D eigenvalue weighted by atomic mass is 35.5. The molecule has 1 saturated carbocycles. The summed E-state index contributed by atoms with van der Waals surface area (Å²) in [6, 6.07) is 7.11. The summed E-state index contributed by atoms with van der Waals surface area (Å²) in [7, 11) is 1.75. The molecule has 20 heavy (non-hydrogen) atoms. The summed E-state index contributed by atoms with van der Waals surface area (Å²) in [5.74, 6) is 1.69. The van der Waals surface area contributed by atoms with E-state index in [0.29, 0.717) is 11.9 Å². The Morgan fingerprint density at radius 2 is 2.00 bits per heavy atom. The average molecular weight is 296 g/mol. The number of ether oxygens (including phenoxy) is 1. The number of aryl methyl sites for hydroxylation is 1. The molecule has 1 fully saturated rings. The molecule has 0 saturated heterocycles. The molecule has 0 spiro atoms. The quantitative estimate of drug-likeness (QED) is 0.722. The maximum absolute atomic E-state index is 6.01. The first kappa shape index (κ1) is 15.7. The predicted molar refractivity (Wildman–Crippen MR) is 85.7 cm³/mol. The summed E-state index contributed by atoms with van der Waals surface area (Å²) in [6.07, 6.45) is 6.72. The average Bonchev–Trinajstić information content (AvgIpc) is 2.48. The van der Waals surface area contributed by atoms with Crippen LogP contribution in [0.4, 0.5) is 0 Å². The van der Waals surface area contributed by atoms with E-state index in [0.717, 1.165) is 18.8 Å². The van der Waals surface area contributed by atoms with Crippen molar-refractivity contribution in [3.05, 3.63) is 29.3 Å². The highest BCUT2D eigenvalue weighted by molar-refractivity contribution is 6.18. The fraction of sp³-hybridized carbons (Fsp3) is 0.647. The van der Waals surface area contributed by atoms with Gasteiger partial charge in [0.05, 0.1) is 7.11 Å². The van der Waals surface area contributed by atoms with E-state index in [4.69, 9.17) is 16.3 Å². The molecule has 0 heterocycles. The van der Waals surface area contributed by atoms with E-state index < -0.39 is 0 Å². The Kier molecular flexibility index (Phi) is 6.18. The molecule has 1 aromatic rings. The summed E-state index contributed by atoms with van der Waals surface area (Å²) in [4.78, 5) is 2.55. The Balaban J connectivity index is 2.12. The number of rotatable bonds is 6. The van der Waals surface area contributed by atoms with Crippen LogP contribution in [0.3, 0.4) is 0 Å². The standard InChI is InChI=1S/C17H26ClNO/c1-14-8-9-17(20-2)15(12-14)13-19(11-10-18)16-6-4-3-5-7-16/h8-9,12,16H,3-7,10-11,13H2,1-2H3. The van der Waals surface area contributed by atoms with E-state index in [1.807, 2.05) is 0 Å². The van der Waals surface area contributed by atoms with Crippen LogP contribution >= 0.6 is 11.6 Å². The molecule has 2 rings (SSSR count). The first-order valence-corrected chi connectivity index (χ1v) is 8.21. The van der Waals surface area contributed by atoms with E-state index in [1.165, 1.54) is 43.2 Å². The molecule has 2 nitrogen and oxygen atoms in total. The molecule has 1 aliphatic rings. The first-order valence-electron chi connectivity index (χ1n) is 7.68. The van der Waals surface area contributed by atoms with E-state index in [2.05, 4.69) is 30.0 Å². The molecule has 0 aromatic heterocycles. The Hall–Kier alpha value is -0.730. The van der Waals surface area contributed by atoms with Gasteiger partial charge in [0.1, 0.15) is 5.75 Å². The first-order chi connectivity index (χ1) is 9.74. The maximum atomic E-state index is 6.01. The topological polar surface area (TPSA) is 12.5 Å². The van der Waals surface area contributed by atoms with Crippen molar-refractivity contribution in [2.45, 2.75) is 51.6 Å². The minimum atomic E-state index is 0.688. The number of hydrogen-bond acceptors (Lipinski definition) is 2. The number of alkyl halides is 1. The highest BCUT2D eigenvalue weighted by Gasteiger charge is 2.21. The molecule has 0 radical (unpaired) electrons. The molecule has 1 aliphatic carbocycles. The number of halogens is 1. The van der Waals surface area contributed by atoms with Crippen LogP contribution in [0.15, 0.2) is 18.2 Å². The SMILES string of the molecule is COc1ccc(C)cc1CN(CCCl)C1CCCCC1. The van der Waals surface area contributed by atoms with Gasteiger partial charge in [0, 0.05) is 30.6 Å². The van der Waals surface area contributed by atoms with E-state index in [-0.39, 0.29) is 0 Å². The summed E-state index contributed by atoms with van der Waals surface area (Å²) in [5, 5.41) is 0. The van der Waals surface area contributed by atoms with Crippen LogP contribution in [0.2, 0.25) is 0 Å². The number of methoxy groups -OCH3 is 1. The van der Waals surface area contributed by atoms with Gasteiger partial charge >= 0.3 is 0 Å². The van der Waals surface area contributed by atoms with Gasteiger partial charge in [-0.05, 0) is 25.8 Å². The van der Waals surface area contributed by atoms with Crippen LogP contribution in [0.5, 0.6) is 5.75 Å². The van der Waals surface area contributed by atoms with E-state index in [1.54, 1.807) is 7.11 Å². The normalized spacial score (nSPS) is 16.6. The summed E-state index contributed by atoms with van der Waals surface area (Å²) < 4.78 is 5.51. The molecular weight excluding hydrogens is 270 g/mol. The zero-order valence-electron chi connectivity index (χ0n) is 12.7. The Morgan fingerprint density at radius 1 is 1.25 bits per heavy atom. The van der Waals surface area contributed by atoms with E-state index >= 15 is 0 Å². The molecule has 0 atom stereocenters. The van der Waals surface area contributed by atoms with Crippen molar-refractivity contribution in [2.75, 3.05) is 19.5 Å². The second kappa shape index (κ2) is 7.90. The minimum Gasteiger partial charge on any atom is -0.496 e. The lowest BCUT2D eigenvalue weighted by molar-refractivity contribution is 0.155. The Morgan fingerprint density at radius 3 is 2.65 bits per heavy atom. The molecular formula is C17H26ClNO. The van der Waals surface area contributed by atoms with Crippen LogP contribution in [0.1, 0.15) is 43.2 Å². The second-order valence-electron chi connectivity index (χ2n) is 5.77. The third kappa shape index (κ3) is 4.13. The van der Waals surface area contributed by atoms with Gasteiger partial charge in [-0.3, -0.25) is 4.90 Å². The van der Waals surface area contributed by atoms with Crippen molar-refractivity contribution in [2.24, 2.45) is 0 Å². The fourth-order valence-electron chi connectivity index (χ4n) is 3.20. The fourth-order valence-corrected chi connectivity index (χ4v) is 3.41. The Labute approximate surface area is 128 Å². The lowest BCUT2D eigenvalue weighted by Crippen LogP contribution is -2.37. The van der Waals surface area contributed by atoms with Gasteiger partial charge in [-0.2, -0.15) is 0 Å². The van der Waals surface area contributed by atoms with Crippen molar-refractivity contribution < 1.29 is 4.74 Å². The molecule has 0 amide bonds.